The van der Waals surface area contributed by atoms with Gasteiger partial charge in [0.15, 0.2) is 0 Å². The van der Waals surface area contributed by atoms with E-state index in [1.165, 1.54) is 6.92 Å². The molecule has 0 amide bonds. The SMILES string of the molecule is CC(O)(CCN)[PH](O)(O)CO. The van der Waals surface area contributed by atoms with Crippen molar-refractivity contribution < 1.29 is 20.0 Å². The molecule has 0 aromatic rings. The molecule has 0 aromatic heterocycles. The predicted molar refractivity (Wildman–Crippen MR) is 44.1 cm³/mol. The molecule has 0 heterocycles. The zero-order valence-electron chi connectivity index (χ0n) is 6.49. The van der Waals surface area contributed by atoms with Crippen LogP contribution in [-0.4, -0.2) is 38.2 Å². The summed E-state index contributed by atoms with van der Waals surface area (Å²) >= 11 is 0. The molecule has 6 N–H and O–H groups in total. The summed E-state index contributed by atoms with van der Waals surface area (Å²) in [5.74, 6) is 0. The molecule has 0 aliphatic carbocycles. The van der Waals surface area contributed by atoms with Gasteiger partial charge in [0, 0.05) is 0 Å². The van der Waals surface area contributed by atoms with Crippen molar-refractivity contribution in [3.05, 3.63) is 0 Å². The third-order valence-electron chi connectivity index (χ3n) is 1.71. The molecule has 70 valence electrons. The fourth-order valence-corrected chi connectivity index (χ4v) is 1.54. The Kier molecular flexibility index (Phi) is 3.84. The van der Waals surface area contributed by atoms with Crippen molar-refractivity contribution in [2.45, 2.75) is 18.7 Å². The van der Waals surface area contributed by atoms with Crippen molar-refractivity contribution in [2.75, 3.05) is 12.9 Å². The first-order chi connectivity index (χ1) is 4.87. The molecular weight excluding hydrogens is 169 g/mol. The second kappa shape index (κ2) is 3.76. The van der Waals surface area contributed by atoms with Crippen molar-refractivity contribution >= 4 is 7.72 Å². The fourth-order valence-electron chi connectivity index (χ4n) is 0.652. The van der Waals surface area contributed by atoms with E-state index in [0.29, 0.717) is 0 Å². The van der Waals surface area contributed by atoms with Crippen molar-refractivity contribution in [3.8, 4) is 0 Å². The quantitative estimate of drug-likeness (QED) is 0.345. The second-order valence-electron chi connectivity index (χ2n) is 2.79. The topological polar surface area (TPSA) is 107 Å². The van der Waals surface area contributed by atoms with Crippen molar-refractivity contribution in [2.24, 2.45) is 5.73 Å². The molecule has 0 aliphatic heterocycles. The number of rotatable bonds is 4. The van der Waals surface area contributed by atoms with Crippen LogP contribution in [0.3, 0.4) is 0 Å². The van der Waals surface area contributed by atoms with Crippen LogP contribution >= 0.6 is 7.72 Å². The van der Waals surface area contributed by atoms with Gasteiger partial charge in [-0.05, 0) is 0 Å². The van der Waals surface area contributed by atoms with Gasteiger partial charge in [0.2, 0.25) is 0 Å². The zero-order valence-corrected chi connectivity index (χ0v) is 7.49. The minimum atomic E-state index is -3.89. The van der Waals surface area contributed by atoms with E-state index in [1.807, 2.05) is 0 Å². The number of aliphatic hydroxyl groups excluding tert-OH is 1. The fraction of sp³-hybridized carbons (Fsp3) is 1.00. The van der Waals surface area contributed by atoms with Crippen LogP contribution in [0.5, 0.6) is 0 Å². The minimum absolute atomic E-state index is 0.0762. The molecule has 0 fully saturated rings. The van der Waals surface area contributed by atoms with E-state index < -0.39 is 19.4 Å². The molecule has 0 rings (SSSR count). The van der Waals surface area contributed by atoms with Crippen LogP contribution < -0.4 is 5.73 Å². The summed E-state index contributed by atoms with van der Waals surface area (Å²) in [5.41, 5.74) is 5.12. The molecular formula is C5H16NO4P. The number of hydrogen-bond acceptors (Lipinski definition) is 5. The molecule has 11 heavy (non-hydrogen) atoms. The van der Waals surface area contributed by atoms with Crippen LogP contribution in [0.15, 0.2) is 0 Å². The monoisotopic (exact) mass is 185 g/mol. The number of hydrogen-bond donors (Lipinski definition) is 5. The van der Waals surface area contributed by atoms with Crippen LogP contribution in [-0.2, 0) is 0 Å². The molecule has 0 spiro atoms. The second-order valence-corrected chi connectivity index (χ2v) is 5.81. The summed E-state index contributed by atoms with van der Waals surface area (Å²) in [6, 6.07) is 0. The van der Waals surface area contributed by atoms with E-state index in [4.69, 9.17) is 20.6 Å². The van der Waals surface area contributed by atoms with Gasteiger partial charge < -0.3 is 0 Å². The Labute approximate surface area is 66.0 Å². The molecule has 1 atom stereocenters. The Morgan fingerprint density at radius 2 is 1.91 bits per heavy atom. The Morgan fingerprint density at radius 3 is 2.18 bits per heavy atom. The van der Waals surface area contributed by atoms with Crippen LogP contribution in [0.25, 0.3) is 0 Å². The van der Waals surface area contributed by atoms with Gasteiger partial charge >= 0.3 is 65.0 Å². The third-order valence-corrected chi connectivity index (χ3v) is 4.13. The van der Waals surface area contributed by atoms with E-state index in [9.17, 15) is 5.11 Å². The first-order valence-corrected chi connectivity index (χ1v) is 5.45. The Bertz CT molecular complexity index is 128. The van der Waals surface area contributed by atoms with E-state index in [2.05, 4.69) is 0 Å². The molecule has 0 bridgehead atoms. The van der Waals surface area contributed by atoms with E-state index >= 15 is 0 Å². The van der Waals surface area contributed by atoms with E-state index in [0.717, 1.165) is 0 Å². The molecule has 0 radical (unpaired) electrons. The first-order valence-electron chi connectivity index (χ1n) is 3.35. The Morgan fingerprint density at radius 1 is 1.45 bits per heavy atom. The normalized spacial score (nSPS) is 19.5. The van der Waals surface area contributed by atoms with Gasteiger partial charge in [-0.25, -0.2) is 0 Å². The summed E-state index contributed by atoms with van der Waals surface area (Å²) in [5, 5.41) is 16.3. The van der Waals surface area contributed by atoms with Crippen molar-refractivity contribution in [1.82, 2.24) is 0 Å². The maximum absolute atomic E-state index is 9.36. The average molecular weight is 185 g/mol. The molecule has 0 saturated heterocycles. The zero-order chi connectivity index (χ0) is 9.12. The van der Waals surface area contributed by atoms with Gasteiger partial charge in [0.05, 0.1) is 0 Å². The van der Waals surface area contributed by atoms with E-state index in [-0.39, 0.29) is 13.0 Å². The molecule has 0 aliphatic rings. The molecule has 0 aromatic carbocycles. The van der Waals surface area contributed by atoms with Crippen LogP contribution in [0, 0.1) is 0 Å². The average Bonchev–Trinajstić information content (AvgIpc) is 1.87. The van der Waals surface area contributed by atoms with Gasteiger partial charge in [-0.3, -0.25) is 0 Å². The van der Waals surface area contributed by atoms with Crippen LogP contribution in [0.2, 0.25) is 0 Å². The number of aliphatic hydroxyl groups is 2. The van der Waals surface area contributed by atoms with Crippen LogP contribution in [0.1, 0.15) is 13.3 Å². The summed E-state index contributed by atoms with van der Waals surface area (Å²) < 4.78 is 0. The molecule has 0 saturated carbocycles. The summed E-state index contributed by atoms with van der Waals surface area (Å²) in [7, 11) is -3.89. The predicted octanol–water partition coefficient (Wildman–Crippen LogP) is -1.44. The van der Waals surface area contributed by atoms with E-state index in [1.54, 1.807) is 0 Å². The molecule has 6 heteroatoms. The van der Waals surface area contributed by atoms with Crippen LogP contribution in [0.4, 0.5) is 0 Å². The number of nitrogens with two attached hydrogens (primary N) is 1. The molecule has 5 nitrogen and oxygen atoms in total. The summed E-state index contributed by atoms with van der Waals surface area (Å²) in [6.07, 6.45) is -0.702. The summed E-state index contributed by atoms with van der Waals surface area (Å²) in [6.45, 7) is 1.42. The van der Waals surface area contributed by atoms with Gasteiger partial charge in [-0.15, -0.1) is 0 Å². The van der Waals surface area contributed by atoms with Gasteiger partial charge in [0.1, 0.15) is 0 Å². The standard InChI is InChI=1S/C5H16NO4P/c1-5(8,2-3-6)11(9,10)4-7/h7-11H,2-4,6H2,1H3. The van der Waals surface area contributed by atoms with Crippen molar-refractivity contribution in [1.29, 1.82) is 0 Å². The third kappa shape index (κ3) is 2.63. The maximum atomic E-state index is 9.36. The van der Waals surface area contributed by atoms with Crippen molar-refractivity contribution in [3.63, 3.8) is 0 Å². The van der Waals surface area contributed by atoms with Gasteiger partial charge in [-0.2, -0.15) is 0 Å². The Hall–Kier alpha value is 0.230. The van der Waals surface area contributed by atoms with Gasteiger partial charge in [-0.1, -0.05) is 0 Å². The molecule has 1 unspecified atom stereocenters. The first kappa shape index (κ1) is 11.2. The van der Waals surface area contributed by atoms with Gasteiger partial charge in [0.25, 0.3) is 0 Å². The Balaban J connectivity index is 4.26. The summed E-state index contributed by atoms with van der Waals surface area (Å²) in [4.78, 5) is 18.2.